The van der Waals surface area contributed by atoms with Gasteiger partial charge in [-0.1, -0.05) is 13.8 Å². The van der Waals surface area contributed by atoms with E-state index in [0.717, 1.165) is 0 Å². The molecule has 0 amide bonds. The summed E-state index contributed by atoms with van der Waals surface area (Å²) in [6, 6.07) is 5.15. The molecule has 0 saturated carbocycles. The molecular formula is C16H16O4. The minimum atomic E-state index is -0.417. The smallest absolute Gasteiger partial charge is 0.344 e. The van der Waals surface area contributed by atoms with Crippen LogP contribution in [0.1, 0.15) is 36.4 Å². The summed E-state index contributed by atoms with van der Waals surface area (Å²) in [6.45, 7) is 3.86. The quantitative estimate of drug-likeness (QED) is 0.800. The van der Waals surface area contributed by atoms with E-state index in [0.29, 0.717) is 40.7 Å². The van der Waals surface area contributed by atoms with Gasteiger partial charge < -0.3 is 9.15 Å². The summed E-state index contributed by atoms with van der Waals surface area (Å²) in [5.74, 6) is 1.13. The normalized spacial score (nSPS) is 17.1. The summed E-state index contributed by atoms with van der Waals surface area (Å²) >= 11 is 0. The number of carbonyl (C=O) groups is 1. The third-order valence-electron chi connectivity index (χ3n) is 4.03. The predicted molar refractivity (Wildman–Crippen MR) is 75.5 cm³/mol. The Kier molecular flexibility index (Phi) is 2.71. The van der Waals surface area contributed by atoms with Crippen molar-refractivity contribution >= 4 is 16.6 Å². The molecule has 0 aliphatic heterocycles. The van der Waals surface area contributed by atoms with Gasteiger partial charge in [-0.3, -0.25) is 4.79 Å². The number of hydrogen-bond donors (Lipinski definition) is 0. The molecule has 1 aliphatic carbocycles. The molecule has 0 spiro atoms. The highest BCUT2D eigenvalue weighted by Gasteiger charge is 2.37. The zero-order chi connectivity index (χ0) is 14.5. The van der Waals surface area contributed by atoms with Gasteiger partial charge >= 0.3 is 5.63 Å². The van der Waals surface area contributed by atoms with E-state index in [1.165, 1.54) is 7.11 Å². The van der Waals surface area contributed by atoms with Gasteiger partial charge in [0.25, 0.3) is 0 Å². The van der Waals surface area contributed by atoms with E-state index in [-0.39, 0.29) is 5.78 Å². The van der Waals surface area contributed by atoms with Crippen molar-refractivity contribution in [1.82, 2.24) is 0 Å². The number of Topliss-reactive ketones (excluding diaryl/α,β-unsaturated/α-hetero) is 1. The second-order valence-corrected chi connectivity index (χ2v) is 5.81. The maximum absolute atomic E-state index is 12.6. The summed E-state index contributed by atoms with van der Waals surface area (Å²) in [5, 5.41) is 1.06. The molecule has 0 fully saturated rings. The number of ketones is 1. The number of hydrogen-bond acceptors (Lipinski definition) is 4. The second kappa shape index (κ2) is 4.20. The number of methoxy groups -OCH3 is 1. The number of fused-ring (bicyclic) bond motifs is 3. The molecule has 4 nitrogen and oxygen atoms in total. The van der Waals surface area contributed by atoms with Gasteiger partial charge in [0.05, 0.1) is 18.1 Å². The molecule has 1 heterocycles. The highest BCUT2D eigenvalue weighted by Crippen LogP contribution is 2.37. The van der Waals surface area contributed by atoms with E-state index in [1.807, 2.05) is 13.8 Å². The summed E-state index contributed by atoms with van der Waals surface area (Å²) in [7, 11) is 1.54. The third kappa shape index (κ3) is 1.75. The largest absolute Gasteiger partial charge is 0.497 e. The number of aryl methyl sites for hydroxylation is 1. The second-order valence-electron chi connectivity index (χ2n) is 5.81. The molecule has 0 bridgehead atoms. The van der Waals surface area contributed by atoms with Crippen LogP contribution in [0.5, 0.6) is 5.75 Å². The molecule has 2 aromatic rings. The molecule has 104 valence electrons. The molecule has 1 aromatic carbocycles. The number of carbonyl (C=O) groups excluding carboxylic acids is 1. The first-order chi connectivity index (χ1) is 9.44. The number of ether oxygens (including phenoxy) is 1. The SMILES string of the molecule is COc1ccc2c3c(oc(=O)c2c1)CCC(C)(C)C3=O. The topological polar surface area (TPSA) is 56.5 Å². The van der Waals surface area contributed by atoms with Gasteiger partial charge in [-0.05, 0) is 24.6 Å². The lowest BCUT2D eigenvalue weighted by atomic mass is 9.74. The average molecular weight is 272 g/mol. The van der Waals surface area contributed by atoms with Crippen LogP contribution in [-0.4, -0.2) is 12.9 Å². The fraction of sp³-hybridized carbons (Fsp3) is 0.375. The molecule has 0 N–H and O–H groups in total. The number of benzene rings is 1. The van der Waals surface area contributed by atoms with E-state index in [9.17, 15) is 9.59 Å². The Morgan fingerprint density at radius 2 is 1.95 bits per heavy atom. The van der Waals surface area contributed by atoms with Gasteiger partial charge in [-0.2, -0.15) is 0 Å². The van der Waals surface area contributed by atoms with Gasteiger partial charge in [0.15, 0.2) is 5.78 Å². The van der Waals surface area contributed by atoms with Crippen LogP contribution in [0.25, 0.3) is 10.8 Å². The minimum Gasteiger partial charge on any atom is -0.497 e. The Balaban J connectivity index is 2.38. The lowest BCUT2D eigenvalue weighted by Gasteiger charge is -2.29. The fourth-order valence-electron chi connectivity index (χ4n) is 2.71. The van der Waals surface area contributed by atoms with Crippen molar-refractivity contribution in [2.24, 2.45) is 5.41 Å². The Morgan fingerprint density at radius 3 is 2.65 bits per heavy atom. The van der Waals surface area contributed by atoms with Crippen LogP contribution in [0.15, 0.2) is 27.4 Å². The van der Waals surface area contributed by atoms with E-state index < -0.39 is 11.0 Å². The molecule has 0 saturated heterocycles. The third-order valence-corrected chi connectivity index (χ3v) is 4.03. The van der Waals surface area contributed by atoms with Crippen molar-refractivity contribution in [3.8, 4) is 5.75 Å². The number of rotatable bonds is 1. The lowest BCUT2D eigenvalue weighted by Crippen LogP contribution is -2.31. The van der Waals surface area contributed by atoms with Gasteiger partial charge in [0, 0.05) is 17.2 Å². The van der Waals surface area contributed by atoms with E-state index >= 15 is 0 Å². The highest BCUT2D eigenvalue weighted by atomic mass is 16.5. The van der Waals surface area contributed by atoms with Crippen molar-refractivity contribution in [2.45, 2.75) is 26.7 Å². The average Bonchev–Trinajstić information content (AvgIpc) is 2.43. The van der Waals surface area contributed by atoms with Crippen molar-refractivity contribution in [3.63, 3.8) is 0 Å². The van der Waals surface area contributed by atoms with Crippen molar-refractivity contribution < 1.29 is 13.9 Å². The van der Waals surface area contributed by atoms with Gasteiger partial charge in [-0.15, -0.1) is 0 Å². The van der Waals surface area contributed by atoms with Crippen LogP contribution in [0.4, 0.5) is 0 Å². The van der Waals surface area contributed by atoms with Crippen LogP contribution in [0.2, 0.25) is 0 Å². The monoisotopic (exact) mass is 272 g/mol. The van der Waals surface area contributed by atoms with Crippen molar-refractivity contribution in [3.05, 3.63) is 39.9 Å². The Morgan fingerprint density at radius 1 is 1.20 bits per heavy atom. The maximum atomic E-state index is 12.6. The predicted octanol–water partition coefficient (Wildman–Crippen LogP) is 2.96. The molecule has 0 radical (unpaired) electrons. The summed E-state index contributed by atoms with van der Waals surface area (Å²) in [6.07, 6.45) is 1.31. The Hall–Kier alpha value is -2.10. The highest BCUT2D eigenvalue weighted by molar-refractivity contribution is 6.11. The summed E-state index contributed by atoms with van der Waals surface area (Å²) < 4.78 is 10.5. The summed E-state index contributed by atoms with van der Waals surface area (Å²) in [5.41, 5.74) is -0.275. The fourth-order valence-corrected chi connectivity index (χ4v) is 2.71. The van der Waals surface area contributed by atoms with E-state index in [1.54, 1.807) is 18.2 Å². The van der Waals surface area contributed by atoms with Crippen LogP contribution >= 0.6 is 0 Å². The lowest BCUT2D eigenvalue weighted by molar-refractivity contribution is 0.0802. The van der Waals surface area contributed by atoms with Crippen molar-refractivity contribution in [2.75, 3.05) is 7.11 Å². The van der Waals surface area contributed by atoms with Crippen LogP contribution < -0.4 is 10.4 Å². The van der Waals surface area contributed by atoms with Gasteiger partial charge in [0.2, 0.25) is 0 Å². The van der Waals surface area contributed by atoms with Crippen LogP contribution in [0.3, 0.4) is 0 Å². The summed E-state index contributed by atoms with van der Waals surface area (Å²) in [4.78, 5) is 24.7. The first kappa shape index (κ1) is 12.9. The molecule has 3 rings (SSSR count). The Labute approximate surface area is 116 Å². The standard InChI is InChI=1S/C16H16O4/c1-16(2)7-6-12-13(14(16)17)10-5-4-9(19-3)8-11(10)15(18)20-12/h4-5,8H,6-7H2,1-3H3. The maximum Gasteiger partial charge on any atom is 0.344 e. The molecule has 1 aliphatic rings. The zero-order valence-corrected chi connectivity index (χ0v) is 11.8. The zero-order valence-electron chi connectivity index (χ0n) is 11.8. The van der Waals surface area contributed by atoms with Crippen molar-refractivity contribution in [1.29, 1.82) is 0 Å². The first-order valence-corrected chi connectivity index (χ1v) is 6.62. The molecular weight excluding hydrogens is 256 g/mol. The van der Waals surface area contributed by atoms with Crippen LogP contribution in [-0.2, 0) is 6.42 Å². The van der Waals surface area contributed by atoms with Gasteiger partial charge in [0.1, 0.15) is 11.5 Å². The van der Waals surface area contributed by atoms with Gasteiger partial charge in [-0.25, -0.2) is 4.79 Å². The van der Waals surface area contributed by atoms with E-state index in [4.69, 9.17) is 9.15 Å². The Bertz CT molecular complexity index is 768. The first-order valence-electron chi connectivity index (χ1n) is 6.62. The minimum absolute atomic E-state index is 0.0395. The molecule has 4 heteroatoms. The molecule has 0 atom stereocenters. The van der Waals surface area contributed by atoms with Crippen LogP contribution in [0, 0.1) is 5.41 Å². The molecule has 0 unspecified atom stereocenters. The molecule has 20 heavy (non-hydrogen) atoms. The molecule has 1 aromatic heterocycles. The van der Waals surface area contributed by atoms with E-state index in [2.05, 4.69) is 0 Å².